The van der Waals surface area contributed by atoms with Crippen LogP contribution in [-0.2, 0) is 0 Å². The van der Waals surface area contributed by atoms with Gasteiger partial charge in [0.25, 0.3) is 0 Å². The van der Waals surface area contributed by atoms with Crippen molar-refractivity contribution in [2.24, 2.45) is 0 Å². The molecule has 144 valence electrons. The van der Waals surface area contributed by atoms with Gasteiger partial charge in [-0.25, -0.2) is 0 Å². The first-order chi connectivity index (χ1) is 14.2. The Kier molecular flexibility index (Phi) is 6.08. The normalized spacial score (nSPS) is 12.0. The van der Waals surface area contributed by atoms with Crippen molar-refractivity contribution < 1.29 is 0 Å². The van der Waals surface area contributed by atoms with E-state index < -0.39 is 7.92 Å². The molecule has 0 fully saturated rings. The molecule has 0 heterocycles. The zero-order chi connectivity index (χ0) is 20.1. The van der Waals surface area contributed by atoms with Crippen molar-refractivity contribution in [3.63, 3.8) is 0 Å². The fraction of sp³-hybridized carbons (Fsp3) is 0.111. The van der Waals surface area contributed by atoms with Crippen molar-refractivity contribution in [3.8, 4) is 0 Å². The Bertz CT molecular complexity index is 1010. The van der Waals surface area contributed by atoms with Gasteiger partial charge in [-0.1, -0.05) is 109 Å². The molecule has 0 aliphatic heterocycles. The zero-order valence-electron chi connectivity index (χ0n) is 16.9. The summed E-state index contributed by atoms with van der Waals surface area (Å²) in [6.07, 6.45) is 0. The Morgan fingerprint density at radius 3 is 1.69 bits per heavy atom. The largest absolute Gasteiger partial charge is 0.378 e. The molecule has 0 unspecified atom stereocenters. The fourth-order valence-corrected chi connectivity index (χ4v) is 6.14. The van der Waals surface area contributed by atoms with E-state index in [9.17, 15) is 0 Å². The van der Waals surface area contributed by atoms with Crippen LogP contribution >= 0.6 is 7.92 Å². The Morgan fingerprint density at radius 2 is 1.14 bits per heavy atom. The molecule has 4 aromatic rings. The average Bonchev–Trinajstić information content (AvgIpc) is 2.78. The lowest BCUT2D eigenvalue weighted by atomic mass is 10.1. The third kappa shape index (κ3) is 4.42. The quantitative estimate of drug-likeness (QED) is 0.399. The van der Waals surface area contributed by atoms with Crippen molar-refractivity contribution in [2.45, 2.75) is 19.9 Å². The fourth-order valence-electron chi connectivity index (χ4n) is 3.65. The number of hydrogen-bond donors (Lipinski definition) is 1. The topological polar surface area (TPSA) is 12.0 Å². The molecular weight excluding hydrogens is 369 g/mol. The van der Waals surface area contributed by atoms with Crippen LogP contribution in [-0.4, -0.2) is 0 Å². The van der Waals surface area contributed by atoms with E-state index in [1.807, 2.05) is 0 Å². The van der Waals surface area contributed by atoms with Crippen molar-refractivity contribution in [3.05, 3.63) is 120 Å². The Balaban J connectivity index is 1.81. The van der Waals surface area contributed by atoms with E-state index in [0.717, 1.165) is 0 Å². The zero-order valence-corrected chi connectivity index (χ0v) is 17.8. The Hall–Kier alpha value is -2.89. The van der Waals surface area contributed by atoms with Gasteiger partial charge in [0, 0.05) is 17.0 Å². The summed E-state index contributed by atoms with van der Waals surface area (Å²) in [5.41, 5.74) is 3.83. The maximum atomic E-state index is 3.83. The maximum Gasteiger partial charge on any atom is 0.0485 e. The van der Waals surface area contributed by atoms with Gasteiger partial charge in [-0.3, -0.25) is 0 Å². The molecule has 29 heavy (non-hydrogen) atoms. The van der Waals surface area contributed by atoms with Gasteiger partial charge < -0.3 is 5.32 Å². The highest BCUT2D eigenvalue weighted by atomic mass is 31.1. The summed E-state index contributed by atoms with van der Waals surface area (Å²) in [6, 6.07) is 39.3. The maximum absolute atomic E-state index is 3.83. The third-order valence-corrected chi connectivity index (χ3v) is 7.66. The van der Waals surface area contributed by atoms with Crippen LogP contribution in [0.1, 0.15) is 24.1 Å². The minimum absolute atomic E-state index is 0.236. The van der Waals surface area contributed by atoms with Crippen LogP contribution in [0.25, 0.3) is 0 Å². The standard InChI is InChI=1S/C27H26NP/c1-21-13-12-20-26(27(21)28-22(2)23-14-6-3-7-15-23)29(24-16-8-4-9-17-24)25-18-10-5-11-19-25/h3-20,22,28H,1-2H3/t22-/m0/s1. The molecule has 0 aromatic heterocycles. The second-order valence-corrected chi connectivity index (χ2v) is 9.44. The Morgan fingerprint density at radius 1 is 0.621 bits per heavy atom. The van der Waals surface area contributed by atoms with Crippen LogP contribution in [0.2, 0.25) is 0 Å². The molecule has 0 radical (unpaired) electrons. The highest BCUT2D eigenvalue weighted by Crippen LogP contribution is 2.37. The van der Waals surface area contributed by atoms with E-state index in [1.165, 1.54) is 32.7 Å². The second-order valence-electron chi connectivity index (χ2n) is 7.25. The summed E-state index contributed by atoms with van der Waals surface area (Å²) < 4.78 is 0. The van der Waals surface area contributed by atoms with Gasteiger partial charge in [0.15, 0.2) is 0 Å². The van der Waals surface area contributed by atoms with Gasteiger partial charge in [0.1, 0.15) is 0 Å². The molecule has 1 nitrogen and oxygen atoms in total. The van der Waals surface area contributed by atoms with Crippen molar-refractivity contribution in [2.75, 3.05) is 5.32 Å². The number of para-hydroxylation sites is 1. The molecule has 0 amide bonds. The van der Waals surface area contributed by atoms with E-state index in [2.05, 4.69) is 128 Å². The summed E-state index contributed by atoms with van der Waals surface area (Å²) in [5.74, 6) is 0. The minimum atomic E-state index is -0.645. The minimum Gasteiger partial charge on any atom is -0.378 e. The SMILES string of the molecule is Cc1cccc(P(c2ccccc2)c2ccccc2)c1N[C@@H](C)c1ccccc1. The molecule has 0 saturated heterocycles. The smallest absolute Gasteiger partial charge is 0.0485 e. The first kappa shape index (κ1) is 19.4. The molecule has 0 spiro atoms. The number of nitrogens with one attached hydrogen (secondary N) is 1. The first-order valence-corrected chi connectivity index (χ1v) is 11.4. The van der Waals surface area contributed by atoms with Crippen LogP contribution in [0.3, 0.4) is 0 Å². The van der Waals surface area contributed by atoms with Crippen LogP contribution < -0.4 is 21.2 Å². The molecule has 0 aliphatic carbocycles. The van der Waals surface area contributed by atoms with Gasteiger partial charge >= 0.3 is 0 Å². The third-order valence-electron chi connectivity index (χ3n) is 5.18. The van der Waals surface area contributed by atoms with E-state index in [-0.39, 0.29) is 6.04 Å². The van der Waals surface area contributed by atoms with Crippen LogP contribution in [0.5, 0.6) is 0 Å². The van der Waals surface area contributed by atoms with Crippen molar-refractivity contribution in [1.29, 1.82) is 0 Å². The van der Waals surface area contributed by atoms with Gasteiger partial charge in [-0.2, -0.15) is 0 Å². The molecule has 4 rings (SSSR count). The highest BCUT2D eigenvalue weighted by Gasteiger charge is 2.21. The Labute approximate surface area is 175 Å². The molecule has 0 saturated carbocycles. The number of rotatable bonds is 6. The predicted molar refractivity (Wildman–Crippen MR) is 128 cm³/mol. The molecule has 0 bridgehead atoms. The number of hydrogen-bond acceptors (Lipinski definition) is 1. The lowest BCUT2D eigenvalue weighted by Crippen LogP contribution is -2.24. The van der Waals surface area contributed by atoms with E-state index >= 15 is 0 Å². The van der Waals surface area contributed by atoms with Crippen LogP contribution in [0.4, 0.5) is 5.69 Å². The molecule has 1 N–H and O–H groups in total. The van der Waals surface area contributed by atoms with E-state index in [0.29, 0.717) is 0 Å². The number of anilines is 1. The molecular formula is C27H26NP. The average molecular weight is 395 g/mol. The van der Waals surface area contributed by atoms with Gasteiger partial charge in [0.2, 0.25) is 0 Å². The summed E-state index contributed by atoms with van der Waals surface area (Å²) in [7, 11) is -0.645. The van der Waals surface area contributed by atoms with Crippen molar-refractivity contribution in [1.82, 2.24) is 0 Å². The molecule has 0 aliphatic rings. The lowest BCUT2D eigenvalue weighted by molar-refractivity contribution is 0.884. The first-order valence-electron chi connectivity index (χ1n) is 10.1. The summed E-state index contributed by atoms with van der Waals surface area (Å²) in [5, 5.41) is 7.95. The number of benzene rings is 4. The lowest BCUT2D eigenvalue weighted by Gasteiger charge is -2.26. The summed E-state index contributed by atoms with van der Waals surface area (Å²) in [4.78, 5) is 0. The predicted octanol–water partition coefficient (Wildman–Crippen LogP) is 5.93. The second kappa shape index (κ2) is 9.07. The van der Waals surface area contributed by atoms with Gasteiger partial charge in [-0.05, 0) is 43.5 Å². The van der Waals surface area contributed by atoms with Crippen LogP contribution in [0, 0.1) is 6.92 Å². The van der Waals surface area contributed by atoms with Gasteiger partial charge in [-0.15, -0.1) is 0 Å². The molecule has 2 heteroatoms. The molecule has 4 aromatic carbocycles. The van der Waals surface area contributed by atoms with Crippen molar-refractivity contribution >= 4 is 29.5 Å². The van der Waals surface area contributed by atoms with Gasteiger partial charge in [0.05, 0.1) is 0 Å². The summed E-state index contributed by atoms with van der Waals surface area (Å²) >= 11 is 0. The van der Waals surface area contributed by atoms with E-state index in [4.69, 9.17) is 0 Å². The monoisotopic (exact) mass is 395 g/mol. The highest BCUT2D eigenvalue weighted by molar-refractivity contribution is 7.80. The van der Waals surface area contributed by atoms with Crippen LogP contribution in [0.15, 0.2) is 109 Å². The summed E-state index contributed by atoms with van der Waals surface area (Å²) in [6.45, 7) is 4.44. The number of aryl methyl sites for hydroxylation is 1. The molecule has 1 atom stereocenters. The van der Waals surface area contributed by atoms with E-state index in [1.54, 1.807) is 0 Å².